The highest BCUT2D eigenvalue weighted by molar-refractivity contribution is 6.43. The lowest BCUT2D eigenvalue weighted by Crippen LogP contribution is -2.31. The number of anilines is 1. The Kier molecular flexibility index (Phi) is 6.62. The van der Waals surface area contributed by atoms with Gasteiger partial charge in [0.1, 0.15) is 11.4 Å². The second kappa shape index (κ2) is 8.78. The summed E-state index contributed by atoms with van der Waals surface area (Å²) in [4.78, 5) is 37.3. The Morgan fingerprint density at radius 1 is 1.27 bits per heavy atom. The Balaban J connectivity index is 2.32. The average molecular weight is 417 g/mol. The molecule has 0 saturated carbocycles. The van der Waals surface area contributed by atoms with Crippen LogP contribution in [-0.2, 0) is 11.8 Å². The van der Waals surface area contributed by atoms with Crippen molar-refractivity contribution in [3.05, 3.63) is 46.8 Å². The van der Waals surface area contributed by atoms with Crippen molar-refractivity contribution in [2.24, 2.45) is 7.05 Å². The molecule has 0 aliphatic carbocycles. The molecule has 0 radical (unpaired) electrons. The third-order valence-corrected chi connectivity index (χ3v) is 4.32. The standard InChI is InChI=1S/C21H21F2N3O4/c1-6-10-24-20(29)18(27)16-12(2)17(26(5)13(16)3)19(28)25-14-8-7-9-15(11-14)30-21(4,22)23/h1,7-9,11H,10H2,2-5H3,(H,24,29)(H,25,28). The second-order valence-electron chi connectivity index (χ2n) is 6.60. The van der Waals surface area contributed by atoms with Crippen molar-refractivity contribution in [1.29, 1.82) is 0 Å². The van der Waals surface area contributed by atoms with Gasteiger partial charge in [-0.1, -0.05) is 12.0 Å². The quantitative estimate of drug-likeness (QED) is 0.412. The third kappa shape index (κ3) is 5.03. The van der Waals surface area contributed by atoms with E-state index in [1.54, 1.807) is 20.9 Å². The van der Waals surface area contributed by atoms with Crippen LogP contribution in [-0.4, -0.2) is 34.8 Å². The molecular weight excluding hydrogens is 396 g/mol. The number of halogens is 2. The summed E-state index contributed by atoms with van der Waals surface area (Å²) in [6.07, 6.45) is 1.71. The molecule has 0 atom stereocenters. The topological polar surface area (TPSA) is 89.4 Å². The summed E-state index contributed by atoms with van der Waals surface area (Å²) in [5.41, 5.74) is 1.19. The van der Waals surface area contributed by atoms with Crippen LogP contribution in [0.4, 0.5) is 14.5 Å². The van der Waals surface area contributed by atoms with E-state index in [2.05, 4.69) is 21.3 Å². The van der Waals surface area contributed by atoms with Gasteiger partial charge >= 0.3 is 6.11 Å². The minimum atomic E-state index is -3.37. The van der Waals surface area contributed by atoms with Crippen LogP contribution in [0.1, 0.15) is 39.0 Å². The fourth-order valence-corrected chi connectivity index (χ4v) is 2.99. The number of benzene rings is 1. The monoisotopic (exact) mass is 417 g/mol. The van der Waals surface area contributed by atoms with Crippen LogP contribution in [0, 0.1) is 26.2 Å². The third-order valence-electron chi connectivity index (χ3n) is 4.32. The van der Waals surface area contributed by atoms with Gasteiger partial charge in [0.2, 0.25) is 0 Å². The molecule has 2 rings (SSSR count). The van der Waals surface area contributed by atoms with Crippen LogP contribution >= 0.6 is 0 Å². The molecule has 0 aliphatic rings. The predicted octanol–water partition coefficient (Wildman–Crippen LogP) is 2.82. The maximum absolute atomic E-state index is 13.1. The van der Waals surface area contributed by atoms with E-state index in [0.717, 1.165) is 0 Å². The Morgan fingerprint density at radius 3 is 2.53 bits per heavy atom. The van der Waals surface area contributed by atoms with Crippen molar-refractivity contribution >= 4 is 23.3 Å². The van der Waals surface area contributed by atoms with Gasteiger partial charge in [-0.25, -0.2) is 0 Å². The van der Waals surface area contributed by atoms with E-state index in [0.29, 0.717) is 18.2 Å². The molecule has 30 heavy (non-hydrogen) atoms. The van der Waals surface area contributed by atoms with Crippen molar-refractivity contribution in [3.63, 3.8) is 0 Å². The minimum absolute atomic E-state index is 0.0971. The maximum atomic E-state index is 13.1. The van der Waals surface area contributed by atoms with Crippen molar-refractivity contribution in [1.82, 2.24) is 9.88 Å². The number of ether oxygens (including phenoxy) is 1. The number of Topliss-reactive ketones (excluding diaryl/α,β-unsaturated/α-hetero) is 1. The molecule has 0 bridgehead atoms. The highest BCUT2D eigenvalue weighted by Gasteiger charge is 2.28. The van der Waals surface area contributed by atoms with E-state index in [1.807, 2.05) is 0 Å². The molecule has 1 aromatic heterocycles. The zero-order valence-electron chi connectivity index (χ0n) is 16.9. The van der Waals surface area contributed by atoms with Crippen molar-refractivity contribution < 1.29 is 27.9 Å². The molecular formula is C21H21F2N3O4. The van der Waals surface area contributed by atoms with E-state index in [9.17, 15) is 23.2 Å². The van der Waals surface area contributed by atoms with Crippen molar-refractivity contribution in [2.75, 3.05) is 11.9 Å². The molecule has 0 saturated heterocycles. The molecule has 1 heterocycles. The number of nitrogens with zero attached hydrogens (tertiary/aromatic N) is 1. The molecule has 0 spiro atoms. The van der Waals surface area contributed by atoms with Gasteiger partial charge in [-0.3, -0.25) is 14.4 Å². The van der Waals surface area contributed by atoms with Gasteiger partial charge in [0, 0.05) is 31.4 Å². The molecule has 7 nitrogen and oxygen atoms in total. The van der Waals surface area contributed by atoms with Crippen LogP contribution in [0.3, 0.4) is 0 Å². The fourth-order valence-electron chi connectivity index (χ4n) is 2.99. The Hall–Kier alpha value is -3.67. The first-order valence-electron chi connectivity index (χ1n) is 8.86. The largest absolute Gasteiger partial charge is 0.433 e. The number of aromatic nitrogens is 1. The van der Waals surface area contributed by atoms with E-state index < -0.39 is 23.7 Å². The van der Waals surface area contributed by atoms with Crippen LogP contribution < -0.4 is 15.4 Å². The van der Waals surface area contributed by atoms with Gasteiger partial charge in [-0.2, -0.15) is 8.78 Å². The Morgan fingerprint density at radius 2 is 1.93 bits per heavy atom. The molecule has 0 aliphatic heterocycles. The lowest BCUT2D eigenvalue weighted by molar-refractivity contribution is -0.158. The summed E-state index contributed by atoms with van der Waals surface area (Å²) in [6.45, 7) is 3.65. The van der Waals surface area contributed by atoms with Crippen LogP contribution in [0.5, 0.6) is 5.75 Å². The molecule has 0 unspecified atom stereocenters. The van der Waals surface area contributed by atoms with Crippen molar-refractivity contribution in [3.8, 4) is 18.1 Å². The molecule has 2 amide bonds. The number of ketones is 1. The lowest BCUT2D eigenvalue weighted by Gasteiger charge is -2.14. The number of carbonyl (C=O) groups is 3. The van der Waals surface area contributed by atoms with Crippen LogP contribution in [0.2, 0.25) is 0 Å². The maximum Gasteiger partial charge on any atom is 0.394 e. The number of nitrogens with one attached hydrogen (secondary N) is 2. The molecule has 2 aromatic rings. The van der Waals surface area contributed by atoms with Gasteiger partial charge in [-0.15, -0.1) is 6.42 Å². The summed E-state index contributed by atoms with van der Waals surface area (Å²) in [5.74, 6) is -0.184. The second-order valence-corrected chi connectivity index (χ2v) is 6.60. The molecule has 1 aromatic carbocycles. The van der Waals surface area contributed by atoms with E-state index in [-0.39, 0.29) is 29.2 Å². The summed E-state index contributed by atoms with van der Waals surface area (Å²) in [7, 11) is 1.57. The summed E-state index contributed by atoms with van der Waals surface area (Å²) in [6, 6.07) is 5.53. The normalized spacial score (nSPS) is 10.8. The van der Waals surface area contributed by atoms with Gasteiger partial charge in [-0.05, 0) is 31.5 Å². The smallest absolute Gasteiger partial charge is 0.394 e. The van der Waals surface area contributed by atoms with Gasteiger partial charge in [0.25, 0.3) is 17.6 Å². The Bertz CT molecular complexity index is 1050. The van der Waals surface area contributed by atoms with E-state index in [1.165, 1.54) is 28.8 Å². The molecule has 9 heteroatoms. The van der Waals surface area contributed by atoms with Crippen LogP contribution in [0.25, 0.3) is 0 Å². The number of terminal acetylenes is 1. The average Bonchev–Trinajstić information content (AvgIpc) is 2.86. The first kappa shape index (κ1) is 22.6. The number of hydrogen-bond acceptors (Lipinski definition) is 4. The summed E-state index contributed by atoms with van der Waals surface area (Å²) < 4.78 is 32.1. The molecule has 2 N–H and O–H groups in total. The first-order chi connectivity index (χ1) is 14.0. The molecule has 0 fully saturated rings. The fraction of sp³-hybridized carbons (Fsp3) is 0.286. The number of carbonyl (C=O) groups excluding carboxylic acids is 3. The van der Waals surface area contributed by atoms with E-state index >= 15 is 0 Å². The number of hydrogen-bond donors (Lipinski definition) is 2. The summed E-state index contributed by atoms with van der Waals surface area (Å²) >= 11 is 0. The number of rotatable bonds is 7. The SMILES string of the molecule is C#CCNC(=O)C(=O)c1c(C)c(C(=O)Nc2cccc(OC(C)(F)F)c2)n(C)c1C. The van der Waals surface area contributed by atoms with Gasteiger partial charge in [0.05, 0.1) is 12.1 Å². The number of alkyl halides is 2. The van der Waals surface area contributed by atoms with Gasteiger partial charge in [0.15, 0.2) is 0 Å². The Labute approximate surface area is 172 Å². The van der Waals surface area contributed by atoms with E-state index in [4.69, 9.17) is 6.42 Å². The van der Waals surface area contributed by atoms with Gasteiger partial charge < -0.3 is 19.9 Å². The van der Waals surface area contributed by atoms with Crippen LogP contribution in [0.15, 0.2) is 24.3 Å². The van der Waals surface area contributed by atoms with Crippen molar-refractivity contribution in [2.45, 2.75) is 26.9 Å². The summed E-state index contributed by atoms with van der Waals surface area (Å²) in [5, 5.41) is 4.88. The first-order valence-corrected chi connectivity index (χ1v) is 8.86. The zero-order valence-corrected chi connectivity index (χ0v) is 16.9. The minimum Gasteiger partial charge on any atom is -0.433 e. The highest BCUT2D eigenvalue weighted by Crippen LogP contribution is 2.26. The molecule has 158 valence electrons. The predicted molar refractivity (Wildman–Crippen MR) is 107 cm³/mol. The zero-order chi connectivity index (χ0) is 22.6. The number of amides is 2. The highest BCUT2D eigenvalue weighted by atomic mass is 19.3. The lowest BCUT2D eigenvalue weighted by atomic mass is 10.0.